The van der Waals surface area contributed by atoms with Crippen molar-refractivity contribution < 1.29 is 14.0 Å². The molecule has 2 amide bonds. The van der Waals surface area contributed by atoms with Gasteiger partial charge in [0.1, 0.15) is 11.9 Å². The lowest BCUT2D eigenvalue weighted by Crippen LogP contribution is -2.52. The first-order valence-electron chi connectivity index (χ1n) is 11.4. The van der Waals surface area contributed by atoms with Crippen LogP contribution in [0.15, 0.2) is 84.9 Å². The van der Waals surface area contributed by atoms with Crippen molar-refractivity contribution >= 4 is 11.8 Å². The Morgan fingerprint density at radius 3 is 2.06 bits per heavy atom. The van der Waals surface area contributed by atoms with Gasteiger partial charge < -0.3 is 10.2 Å². The first-order valence-corrected chi connectivity index (χ1v) is 11.4. The highest BCUT2D eigenvalue weighted by atomic mass is 19.1. The summed E-state index contributed by atoms with van der Waals surface area (Å²) in [5.74, 6) is -0.913. The first kappa shape index (κ1) is 24.2. The first-order chi connectivity index (χ1) is 16.0. The molecule has 0 bridgehead atoms. The summed E-state index contributed by atoms with van der Waals surface area (Å²) in [4.78, 5) is 28.5. The average Bonchev–Trinajstić information content (AvgIpc) is 2.83. The highest BCUT2D eigenvalue weighted by Gasteiger charge is 2.31. The summed E-state index contributed by atoms with van der Waals surface area (Å²) < 4.78 is 14.3. The number of carbonyl (C=O) groups excluding carboxylic acids is 2. The summed E-state index contributed by atoms with van der Waals surface area (Å²) in [6, 6.07) is 24.8. The summed E-state index contributed by atoms with van der Waals surface area (Å²) in [6.07, 6.45) is 1.05. The van der Waals surface area contributed by atoms with E-state index in [0.717, 1.165) is 17.5 Å². The molecule has 0 spiro atoms. The Balaban J connectivity index is 1.96. The van der Waals surface area contributed by atoms with Crippen LogP contribution in [0.25, 0.3) is 0 Å². The minimum Gasteiger partial charge on any atom is -0.352 e. The van der Waals surface area contributed by atoms with Crippen molar-refractivity contribution in [2.45, 2.75) is 51.7 Å². The standard InChI is InChI=1S/C28H31FN2O2/c1-3-21(2)30-28(33)26(18-22-12-6-4-7-13-22)31(20-23-14-8-5-9-15-23)27(32)19-24-16-10-11-17-25(24)29/h4-17,21,26H,3,18-20H2,1-2H3,(H,30,33). The van der Waals surface area contributed by atoms with Crippen LogP contribution in [0.5, 0.6) is 0 Å². The Hall–Kier alpha value is -3.47. The zero-order valence-corrected chi connectivity index (χ0v) is 19.2. The molecule has 0 aliphatic carbocycles. The van der Waals surface area contributed by atoms with E-state index in [0.29, 0.717) is 12.0 Å². The number of nitrogens with zero attached hydrogens (tertiary/aromatic N) is 1. The average molecular weight is 447 g/mol. The molecule has 1 N–H and O–H groups in total. The van der Waals surface area contributed by atoms with Crippen molar-refractivity contribution in [1.29, 1.82) is 0 Å². The topological polar surface area (TPSA) is 49.4 Å². The number of hydrogen-bond acceptors (Lipinski definition) is 2. The van der Waals surface area contributed by atoms with Crippen LogP contribution >= 0.6 is 0 Å². The number of amides is 2. The lowest BCUT2D eigenvalue weighted by molar-refractivity contribution is -0.141. The highest BCUT2D eigenvalue weighted by molar-refractivity contribution is 5.89. The van der Waals surface area contributed by atoms with E-state index in [2.05, 4.69) is 5.32 Å². The van der Waals surface area contributed by atoms with E-state index in [1.54, 1.807) is 23.1 Å². The van der Waals surface area contributed by atoms with E-state index in [4.69, 9.17) is 0 Å². The Morgan fingerprint density at radius 2 is 1.45 bits per heavy atom. The summed E-state index contributed by atoms with van der Waals surface area (Å²) in [7, 11) is 0. The van der Waals surface area contributed by atoms with Crippen LogP contribution in [0.4, 0.5) is 4.39 Å². The molecule has 2 unspecified atom stereocenters. The van der Waals surface area contributed by atoms with E-state index in [1.165, 1.54) is 6.07 Å². The normalized spacial score (nSPS) is 12.6. The van der Waals surface area contributed by atoms with Crippen molar-refractivity contribution in [3.8, 4) is 0 Å². The third-order valence-corrected chi connectivity index (χ3v) is 5.77. The van der Waals surface area contributed by atoms with Gasteiger partial charge >= 0.3 is 0 Å². The SMILES string of the molecule is CCC(C)NC(=O)C(Cc1ccccc1)N(Cc1ccccc1)C(=O)Cc1ccccc1F. The number of rotatable bonds is 10. The molecular weight excluding hydrogens is 415 g/mol. The maximum atomic E-state index is 14.3. The second-order valence-electron chi connectivity index (χ2n) is 8.30. The Morgan fingerprint density at radius 1 is 0.879 bits per heavy atom. The van der Waals surface area contributed by atoms with Gasteiger partial charge in [0.05, 0.1) is 6.42 Å². The third kappa shape index (κ3) is 7.01. The van der Waals surface area contributed by atoms with Gasteiger partial charge in [-0.2, -0.15) is 0 Å². The molecule has 0 aromatic heterocycles. The fraction of sp³-hybridized carbons (Fsp3) is 0.286. The van der Waals surface area contributed by atoms with Gasteiger partial charge in [-0.1, -0.05) is 85.8 Å². The van der Waals surface area contributed by atoms with Gasteiger partial charge in [0.2, 0.25) is 11.8 Å². The summed E-state index contributed by atoms with van der Waals surface area (Å²) in [5.41, 5.74) is 2.19. The predicted molar refractivity (Wildman–Crippen MR) is 129 cm³/mol. The van der Waals surface area contributed by atoms with Crippen LogP contribution < -0.4 is 5.32 Å². The predicted octanol–water partition coefficient (Wildman–Crippen LogP) is 4.92. The molecule has 0 saturated heterocycles. The Bertz CT molecular complexity index is 1040. The van der Waals surface area contributed by atoms with Gasteiger partial charge in [0.25, 0.3) is 0 Å². The van der Waals surface area contributed by atoms with E-state index in [-0.39, 0.29) is 30.8 Å². The lowest BCUT2D eigenvalue weighted by atomic mass is 10.0. The quantitative estimate of drug-likeness (QED) is 0.480. The summed E-state index contributed by atoms with van der Waals surface area (Å²) in [6.45, 7) is 4.21. The molecule has 5 heteroatoms. The molecule has 0 saturated carbocycles. The van der Waals surface area contributed by atoms with Crippen molar-refractivity contribution in [2.75, 3.05) is 0 Å². The molecule has 2 atom stereocenters. The minimum absolute atomic E-state index is 0.0176. The van der Waals surface area contributed by atoms with Crippen molar-refractivity contribution in [3.63, 3.8) is 0 Å². The molecule has 4 nitrogen and oxygen atoms in total. The summed E-state index contributed by atoms with van der Waals surface area (Å²) >= 11 is 0. The van der Waals surface area contributed by atoms with Crippen molar-refractivity contribution in [3.05, 3.63) is 107 Å². The lowest BCUT2D eigenvalue weighted by Gasteiger charge is -2.32. The molecular formula is C28H31FN2O2. The molecule has 0 aliphatic heterocycles. The molecule has 3 aromatic rings. The smallest absolute Gasteiger partial charge is 0.243 e. The van der Waals surface area contributed by atoms with Gasteiger partial charge in [-0.05, 0) is 36.1 Å². The van der Waals surface area contributed by atoms with Gasteiger partial charge in [-0.3, -0.25) is 9.59 Å². The third-order valence-electron chi connectivity index (χ3n) is 5.77. The minimum atomic E-state index is -0.721. The molecule has 0 radical (unpaired) electrons. The maximum Gasteiger partial charge on any atom is 0.243 e. The Kier molecular flexibility index (Phi) is 8.76. The molecule has 172 valence electrons. The fourth-order valence-electron chi connectivity index (χ4n) is 3.68. The van der Waals surface area contributed by atoms with Crippen molar-refractivity contribution in [1.82, 2.24) is 10.2 Å². The largest absolute Gasteiger partial charge is 0.352 e. The molecule has 0 fully saturated rings. The van der Waals surface area contributed by atoms with Crippen LogP contribution in [0.1, 0.15) is 37.0 Å². The van der Waals surface area contributed by atoms with Crippen LogP contribution in [0.3, 0.4) is 0 Å². The second kappa shape index (κ2) is 12.0. The van der Waals surface area contributed by atoms with E-state index >= 15 is 0 Å². The van der Waals surface area contributed by atoms with Crippen molar-refractivity contribution in [2.24, 2.45) is 0 Å². The number of nitrogens with one attached hydrogen (secondary N) is 1. The number of halogens is 1. The Labute approximate surface area is 195 Å². The molecule has 33 heavy (non-hydrogen) atoms. The number of hydrogen-bond donors (Lipinski definition) is 1. The van der Waals surface area contributed by atoms with Gasteiger partial charge in [-0.25, -0.2) is 4.39 Å². The fourth-order valence-corrected chi connectivity index (χ4v) is 3.68. The highest BCUT2D eigenvalue weighted by Crippen LogP contribution is 2.18. The molecule has 0 heterocycles. The van der Waals surface area contributed by atoms with E-state index < -0.39 is 11.9 Å². The van der Waals surface area contributed by atoms with E-state index in [1.807, 2.05) is 74.5 Å². The van der Waals surface area contributed by atoms with Gasteiger partial charge in [0, 0.05) is 19.0 Å². The van der Waals surface area contributed by atoms with E-state index in [9.17, 15) is 14.0 Å². The van der Waals surface area contributed by atoms with Gasteiger partial charge in [0.15, 0.2) is 0 Å². The van der Waals surface area contributed by atoms with Crippen LogP contribution in [-0.2, 0) is 29.0 Å². The van der Waals surface area contributed by atoms with Crippen LogP contribution in [-0.4, -0.2) is 28.8 Å². The number of carbonyl (C=O) groups is 2. The monoisotopic (exact) mass is 446 g/mol. The maximum absolute atomic E-state index is 14.3. The number of benzene rings is 3. The zero-order chi connectivity index (χ0) is 23.6. The molecule has 3 aromatic carbocycles. The summed E-state index contributed by atoms with van der Waals surface area (Å²) in [5, 5.41) is 3.04. The molecule has 0 aliphatic rings. The van der Waals surface area contributed by atoms with Gasteiger partial charge in [-0.15, -0.1) is 0 Å². The van der Waals surface area contributed by atoms with Crippen LogP contribution in [0.2, 0.25) is 0 Å². The zero-order valence-electron chi connectivity index (χ0n) is 19.2. The van der Waals surface area contributed by atoms with Crippen LogP contribution in [0, 0.1) is 5.82 Å². The second-order valence-corrected chi connectivity index (χ2v) is 8.30. The molecule has 3 rings (SSSR count).